The fraction of sp³-hybridized carbons (Fsp3) is 0.750. The van der Waals surface area contributed by atoms with Crippen LogP contribution >= 0.6 is 0 Å². The first kappa shape index (κ1) is 14.4. The van der Waals surface area contributed by atoms with Crippen molar-refractivity contribution < 1.29 is 0 Å². The molecular formula is C16H27N3. The maximum Gasteiger partial charge on any atom is 0.125 e. The van der Waals surface area contributed by atoms with Gasteiger partial charge in [0.25, 0.3) is 0 Å². The summed E-state index contributed by atoms with van der Waals surface area (Å²) in [7, 11) is 0. The van der Waals surface area contributed by atoms with Crippen LogP contribution in [0.1, 0.15) is 58.0 Å². The average Bonchev–Trinajstić information content (AvgIpc) is 2.36. The van der Waals surface area contributed by atoms with E-state index >= 15 is 0 Å². The van der Waals surface area contributed by atoms with Gasteiger partial charge in [-0.1, -0.05) is 20.8 Å². The number of hydrogen-bond acceptors (Lipinski definition) is 3. The highest BCUT2D eigenvalue weighted by molar-refractivity contribution is 5.01. The molecule has 3 heteroatoms. The maximum absolute atomic E-state index is 4.44. The molecule has 0 bridgehead atoms. The Hall–Kier alpha value is -0.960. The van der Waals surface area contributed by atoms with Crippen molar-refractivity contribution in [3.63, 3.8) is 0 Å². The molecule has 0 amide bonds. The zero-order valence-electron chi connectivity index (χ0n) is 12.7. The molecule has 1 aliphatic rings. The van der Waals surface area contributed by atoms with Crippen LogP contribution in [0.4, 0.5) is 0 Å². The predicted molar refractivity (Wildman–Crippen MR) is 78.8 cm³/mol. The lowest BCUT2D eigenvalue weighted by Crippen LogP contribution is -2.36. The Morgan fingerprint density at radius 1 is 1.21 bits per heavy atom. The molecule has 1 fully saturated rings. The summed E-state index contributed by atoms with van der Waals surface area (Å²) in [6, 6.07) is 2.66. The Morgan fingerprint density at radius 2 is 1.89 bits per heavy atom. The van der Waals surface area contributed by atoms with Crippen LogP contribution < -0.4 is 5.32 Å². The molecule has 1 aromatic heterocycles. The minimum absolute atomic E-state index is 0.467. The van der Waals surface area contributed by atoms with Crippen LogP contribution in [0.25, 0.3) is 0 Å². The monoisotopic (exact) mass is 261 g/mol. The Balaban J connectivity index is 1.77. The molecule has 0 radical (unpaired) electrons. The van der Waals surface area contributed by atoms with E-state index in [1.807, 2.05) is 19.2 Å². The van der Waals surface area contributed by atoms with E-state index in [9.17, 15) is 0 Å². The molecule has 0 spiro atoms. The van der Waals surface area contributed by atoms with E-state index in [4.69, 9.17) is 0 Å². The zero-order valence-corrected chi connectivity index (χ0v) is 12.7. The third-order valence-corrected chi connectivity index (χ3v) is 4.36. The van der Waals surface area contributed by atoms with Crippen molar-refractivity contribution in [3.05, 3.63) is 23.8 Å². The van der Waals surface area contributed by atoms with Crippen molar-refractivity contribution in [2.45, 2.75) is 66.0 Å². The van der Waals surface area contributed by atoms with Crippen LogP contribution in [0.15, 0.2) is 12.3 Å². The van der Waals surface area contributed by atoms with Gasteiger partial charge in [0.15, 0.2) is 0 Å². The van der Waals surface area contributed by atoms with Gasteiger partial charge < -0.3 is 5.32 Å². The van der Waals surface area contributed by atoms with E-state index < -0.39 is 0 Å². The van der Waals surface area contributed by atoms with Gasteiger partial charge in [0.05, 0.1) is 5.69 Å². The van der Waals surface area contributed by atoms with Crippen LogP contribution in [-0.2, 0) is 6.54 Å². The number of aromatic nitrogens is 2. The lowest BCUT2D eigenvalue weighted by Gasteiger charge is -2.37. The van der Waals surface area contributed by atoms with Gasteiger partial charge in [0.1, 0.15) is 5.82 Å². The van der Waals surface area contributed by atoms with Crippen LogP contribution in [0, 0.1) is 18.3 Å². The maximum atomic E-state index is 4.44. The number of hydrogen-bond donors (Lipinski definition) is 1. The van der Waals surface area contributed by atoms with Crippen molar-refractivity contribution in [2.75, 3.05) is 0 Å². The summed E-state index contributed by atoms with van der Waals surface area (Å²) in [5, 5.41) is 3.65. The highest BCUT2D eigenvalue weighted by Crippen LogP contribution is 2.37. The molecule has 0 aliphatic heterocycles. The zero-order chi connectivity index (χ0) is 13.9. The van der Waals surface area contributed by atoms with Gasteiger partial charge in [0, 0.05) is 18.8 Å². The quantitative estimate of drug-likeness (QED) is 0.905. The number of nitrogens with zero attached hydrogens (tertiary/aromatic N) is 2. The van der Waals surface area contributed by atoms with Gasteiger partial charge in [-0.15, -0.1) is 0 Å². The first-order chi connectivity index (χ1) is 8.95. The van der Waals surface area contributed by atoms with Gasteiger partial charge in [0.2, 0.25) is 0 Å². The normalized spacial score (nSPS) is 24.4. The largest absolute Gasteiger partial charge is 0.308 e. The highest BCUT2D eigenvalue weighted by atomic mass is 15.0. The molecule has 1 aliphatic carbocycles. The minimum atomic E-state index is 0.467. The second kappa shape index (κ2) is 6.00. The van der Waals surface area contributed by atoms with E-state index in [1.165, 1.54) is 25.7 Å². The standard InChI is InChI=1S/C16H27N3/c1-12-17-10-9-15(19-12)11-18-14-7-5-13(6-8-14)16(2,3)4/h9-10,13-14,18H,5-8,11H2,1-4H3. The molecule has 0 saturated heterocycles. The highest BCUT2D eigenvalue weighted by Gasteiger charge is 2.29. The minimum Gasteiger partial charge on any atom is -0.308 e. The molecule has 2 rings (SSSR count). The van der Waals surface area contributed by atoms with Crippen LogP contribution in [-0.4, -0.2) is 16.0 Å². The van der Waals surface area contributed by atoms with E-state index in [1.54, 1.807) is 0 Å². The molecule has 3 nitrogen and oxygen atoms in total. The van der Waals surface area contributed by atoms with Gasteiger partial charge in [-0.25, -0.2) is 9.97 Å². The number of rotatable bonds is 3. The van der Waals surface area contributed by atoms with Crippen molar-refractivity contribution in [1.82, 2.24) is 15.3 Å². The van der Waals surface area contributed by atoms with Crippen molar-refractivity contribution >= 4 is 0 Å². The van der Waals surface area contributed by atoms with E-state index in [0.29, 0.717) is 11.5 Å². The molecule has 0 unspecified atom stereocenters. The molecule has 1 N–H and O–H groups in total. The summed E-state index contributed by atoms with van der Waals surface area (Å²) in [6.45, 7) is 9.92. The summed E-state index contributed by atoms with van der Waals surface area (Å²) in [6.07, 6.45) is 7.14. The Labute approximate surface area is 117 Å². The molecule has 0 atom stereocenters. The summed E-state index contributed by atoms with van der Waals surface area (Å²) in [5.74, 6) is 1.74. The summed E-state index contributed by atoms with van der Waals surface area (Å²) in [4.78, 5) is 8.57. The van der Waals surface area contributed by atoms with Gasteiger partial charge in [-0.2, -0.15) is 0 Å². The molecule has 1 heterocycles. The van der Waals surface area contributed by atoms with Gasteiger partial charge in [-0.3, -0.25) is 0 Å². The molecule has 19 heavy (non-hydrogen) atoms. The molecule has 106 valence electrons. The topological polar surface area (TPSA) is 37.8 Å². The second-order valence-corrected chi connectivity index (χ2v) is 6.89. The number of aryl methyl sites for hydroxylation is 1. The molecule has 1 saturated carbocycles. The third kappa shape index (κ3) is 4.27. The van der Waals surface area contributed by atoms with Crippen molar-refractivity contribution in [3.8, 4) is 0 Å². The summed E-state index contributed by atoms with van der Waals surface area (Å²) < 4.78 is 0. The van der Waals surface area contributed by atoms with E-state index in [-0.39, 0.29) is 0 Å². The first-order valence-corrected chi connectivity index (χ1v) is 7.47. The number of nitrogens with one attached hydrogen (secondary N) is 1. The van der Waals surface area contributed by atoms with Crippen molar-refractivity contribution in [2.24, 2.45) is 11.3 Å². The smallest absolute Gasteiger partial charge is 0.125 e. The first-order valence-electron chi connectivity index (χ1n) is 7.47. The lowest BCUT2D eigenvalue weighted by atomic mass is 9.71. The fourth-order valence-electron chi connectivity index (χ4n) is 3.02. The summed E-state index contributed by atoms with van der Waals surface area (Å²) in [5.41, 5.74) is 1.57. The van der Waals surface area contributed by atoms with E-state index in [2.05, 4.69) is 36.1 Å². The molecular weight excluding hydrogens is 234 g/mol. The Morgan fingerprint density at radius 3 is 2.47 bits per heavy atom. The van der Waals surface area contributed by atoms with Crippen LogP contribution in [0.5, 0.6) is 0 Å². The summed E-state index contributed by atoms with van der Waals surface area (Å²) >= 11 is 0. The lowest BCUT2D eigenvalue weighted by molar-refractivity contribution is 0.159. The Kier molecular flexibility index (Phi) is 4.56. The molecule has 1 aromatic rings. The Bertz CT molecular complexity index is 401. The van der Waals surface area contributed by atoms with Gasteiger partial charge in [-0.05, 0) is 50.0 Å². The predicted octanol–water partition coefficient (Wildman–Crippen LogP) is 3.48. The SMILES string of the molecule is Cc1nccc(CNC2CCC(C(C)(C)C)CC2)n1. The third-order valence-electron chi connectivity index (χ3n) is 4.36. The van der Waals surface area contributed by atoms with Crippen LogP contribution in [0.3, 0.4) is 0 Å². The van der Waals surface area contributed by atoms with Crippen LogP contribution in [0.2, 0.25) is 0 Å². The second-order valence-electron chi connectivity index (χ2n) is 6.89. The van der Waals surface area contributed by atoms with Crippen molar-refractivity contribution in [1.29, 1.82) is 0 Å². The fourth-order valence-corrected chi connectivity index (χ4v) is 3.02. The van der Waals surface area contributed by atoms with Gasteiger partial charge >= 0.3 is 0 Å². The average molecular weight is 261 g/mol. The molecule has 0 aromatic carbocycles. The van der Waals surface area contributed by atoms with E-state index in [0.717, 1.165) is 24.0 Å².